The van der Waals surface area contributed by atoms with Gasteiger partial charge in [0.25, 0.3) is 5.91 Å². The third-order valence-corrected chi connectivity index (χ3v) is 5.94. The van der Waals surface area contributed by atoms with Gasteiger partial charge in [0.15, 0.2) is 5.82 Å². The van der Waals surface area contributed by atoms with Crippen LogP contribution >= 0.6 is 0 Å². The Kier molecular flexibility index (Phi) is 5.54. The molecule has 0 radical (unpaired) electrons. The van der Waals surface area contributed by atoms with E-state index in [1.807, 2.05) is 54.6 Å². The van der Waals surface area contributed by atoms with Gasteiger partial charge in [0.1, 0.15) is 11.6 Å². The lowest BCUT2D eigenvalue weighted by Gasteiger charge is -2.12. The predicted octanol–water partition coefficient (Wildman–Crippen LogP) is 4.16. The van der Waals surface area contributed by atoms with Crippen LogP contribution in [-0.4, -0.2) is 32.8 Å². The van der Waals surface area contributed by atoms with Crippen LogP contribution in [0, 0.1) is 0 Å². The molecule has 0 unspecified atom stereocenters. The van der Waals surface area contributed by atoms with Crippen LogP contribution < -0.4 is 10.1 Å². The number of nitrogens with zero attached hydrogens (tertiary/aromatic N) is 4. The monoisotopic (exact) mass is 427 g/mol. The number of benzene rings is 2. The van der Waals surface area contributed by atoms with E-state index in [0.717, 1.165) is 65.4 Å². The molecule has 1 amide bonds. The zero-order valence-electron chi connectivity index (χ0n) is 18.0. The van der Waals surface area contributed by atoms with Gasteiger partial charge in [-0.25, -0.2) is 4.98 Å². The third kappa shape index (κ3) is 3.93. The number of aryl methyl sites for hydroxylation is 1. The maximum Gasteiger partial charge on any atom is 0.252 e. The highest BCUT2D eigenvalue weighted by Gasteiger charge is 2.17. The van der Waals surface area contributed by atoms with Crippen molar-refractivity contribution in [3.8, 4) is 17.0 Å². The maximum absolute atomic E-state index is 13.3. The lowest BCUT2D eigenvalue weighted by molar-refractivity contribution is 0.0951. The van der Waals surface area contributed by atoms with Gasteiger partial charge >= 0.3 is 0 Å². The molecule has 5 rings (SSSR count). The molecule has 162 valence electrons. The molecule has 1 aliphatic heterocycles. The molecule has 1 aliphatic rings. The SMILES string of the molecule is COc1ccc(-c2cc(C(=O)NCc3nnc4n3CCCCC4)c3ccccc3n2)cc1. The molecule has 32 heavy (non-hydrogen) atoms. The highest BCUT2D eigenvalue weighted by Crippen LogP contribution is 2.26. The van der Waals surface area contributed by atoms with Crippen molar-refractivity contribution in [1.82, 2.24) is 25.1 Å². The molecule has 1 N–H and O–H groups in total. The summed E-state index contributed by atoms with van der Waals surface area (Å²) in [6, 6.07) is 17.2. The topological polar surface area (TPSA) is 81.9 Å². The number of nitrogens with one attached hydrogen (secondary N) is 1. The molecular formula is C25H25N5O2. The number of rotatable bonds is 5. The molecule has 0 saturated heterocycles. The number of fused-ring (bicyclic) bond motifs is 2. The van der Waals surface area contributed by atoms with Crippen molar-refractivity contribution < 1.29 is 9.53 Å². The molecule has 3 heterocycles. The fourth-order valence-electron chi connectivity index (χ4n) is 4.20. The predicted molar refractivity (Wildman–Crippen MR) is 122 cm³/mol. The van der Waals surface area contributed by atoms with Crippen molar-refractivity contribution in [3.05, 3.63) is 71.8 Å². The van der Waals surface area contributed by atoms with Crippen LogP contribution in [0.25, 0.3) is 22.2 Å². The Morgan fingerprint density at radius 2 is 1.91 bits per heavy atom. The summed E-state index contributed by atoms with van der Waals surface area (Å²) in [5.74, 6) is 2.45. The Balaban J connectivity index is 1.45. The number of amides is 1. The summed E-state index contributed by atoms with van der Waals surface area (Å²) >= 11 is 0. The van der Waals surface area contributed by atoms with E-state index < -0.39 is 0 Å². The van der Waals surface area contributed by atoms with Gasteiger partial charge in [0.2, 0.25) is 0 Å². The number of pyridine rings is 1. The van der Waals surface area contributed by atoms with Gasteiger partial charge in [-0.3, -0.25) is 4.79 Å². The number of hydrogen-bond donors (Lipinski definition) is 1. The summed E-state index contributed by atoms with van der Waals surface area (Å²) in [7, 11) is 1.64. The van der Waals surface area contributed by atoms with Gasteiger partial charge in [-0.1, -0.05) is 24.6 Å². The first kappa shape index (κ1) is 20.2. The fraction of sp³-hybridized carbons (Fsp3) is 0.280. The molecule has 7 heteroatoms. The number of ether oxygens (including phenoxy) is 1. The second kappa shape index (κ2) is 8.78. The molecule has 7 nitrogen and oxygen atoms in total. The number of para-hydroxylation sites is 1. The van der Waals surface area contributed by atoms with Crippen LogP contribution in [-0.2, 0) is 19.5 Å². The van der Waals surface area contributed by atoms with Gasteiger partial charge in [0.05, 0.1) is 30.4 Å². The largest absolute Gasteiger partial charge is 0.497 e. The summed E-state index contributed by atoms with van der Waals surface area (Å²) in [6.07, 6.45) is 4.40. The summed E-state index contributed by atoms with van der Waals surface area (Å²) in [6.45, 7) is 1.26. The highest BCUT2D eigenvalue weighted by molar-refractivity contribution is 6.07. The van der Waals surface area contributed by atoms with Gasteiger partial charge in [-0.15, -0.1) is 10.2 Å². The van der Waals surface area contributed by atoms with Crippen molar-refractivity contribution >= 4 is 16.8 Å². The Hall–Kier alpha value is -3.74. The first-order chi connectivity index (χ1) is 15.7. The zero-order valence-corrected chi connectivity index (χ0v) is 18.0. The molecule has 0 bridgehead atoms. The van der Waals surface area contributed by atoms with Gasteiger partial charge in [-0.05, 0) is 49.2 Å². The van der Waals surface area contributed by atoms with Crippen LogP contribution in [0.5, 0.6) is 5.75 Å². The van der Waals surface area contributed by atoms with E-state index in [-0.39, 0.29) is 5.91 Å². The molecule has 4 aromatic rings. The minimum Gasteiger partial charge on any atom is -0.497 e. The highest BCUT2D eigenvalue weighted by atomic mass is 16.5. The van der Waals surface area contributed by atoms with E-state index in [1.165, 1.54) is 6.42 Å². The minimum absolute atomic E-state index is 0.149. The molecule has 0 saturated carbocycles. The lowest BCUT2D eigenvalue weighted by Crippen LogP contribution is -2.25. The van der Waals surface area contributed by atoms with Gasteiger partial charge < -0.3 is 14.6 Å². The average molecular weight is 428 g/mol. The second-order valence-corrected chi connectivity index (χ2v) is 7.98. The van der Waals surface area contributed by atoms with Crippen LogP contribution in [0.4, 0.5) is 0 Å². The number of methoxy groups -OCH3 is 1. The van der Waals surface area contributed by atoms with Crippen LogP contribution in [0.3, 0.4) is 0 Å². The number of hydrogen-bond acceptors (Lipinski definition) is 5. The summed E-state index contributed by atoms with van der Waals surface area (Å²) in [4.78, 5) is 18.0. The Labute approximate surface area is 186 Å². The van der Waals surface area contributed by atoms with E-state index in [4.69, 9.17) is 9.72 Å². The van der Waals surface area contributed by atoms with Crippen molar-refractivity contribution in [1.29, 1.82) is 0 Å². The van der Waals surface area contributed by atoms with Gasteiger partial charge in [0, 0.05) is 23.9 Å². The van der Waals surface area contributed by atoms with E-state index in [1.54, 1.807) is 7.11 Å². The number of carbonyl (C=O) groups excluding carboxylic acids is 1. The minimum atomic E-state index is -0.149. The molecule has 0 aliphatic carbocycles. The Bertz CT molecular complexity index is 1260. The average Bonchev–Trinajstić information content (AvgIpc) is 3.07. The molecule has 0 fully saturated rings. The van der Waals surface area contributed by atoms with Crippen molar-refractivity contribution in [2.75, 3.05) is 7.11 Å². The van der Waals surface area contributed by atoms with Crippen molar-refractivity contribution in [3.63, 3.8) is 0 Å². The second-order valence-electron chi connectivity index (χ2n) is 7.98. The standard InChI is InChI=1S/C25H25N5O2/c1-32-18-12-10-17(11-13-18)22-15-20(19-7-4-5-8-21(19)27-22)25(31)26-16-24-29-28-23-9-3-2-6-14-30(23)24/h4-5,7-8,10-13,15H,2-3,6,9,14,16H2,1H3,(H,26,31). The van der Waals surface area contributed by atoms with Crippen LogP contribution in [0.2, 0.25) is 0 Å². The maximum atomic E-state index is 13.3. The third-order valence-electron chi connectivity index (χ3n) is 5.94. The van der Waals surface area contributed by atoms with Crippen LogP contribution in [0.1, 0.15) is 41.3 Å². The Morgan fingerprint density at radius 1 is 1.06 bits per heavy atom. The molecule has 0 spiro atoms. The molecule has 2 aromatic carbocycles. The number of aromatic nitrogens is 4. The fourth-order valence-corrected chi connectivity index (χ4v) is 4.20. The van der Waals surface area contributed by atoms with Crippen molar-refractivity contribution in [2.24, 2.45) is 0 Å². The summed E-state index contributed by atoms with van der Waals surface area (Å²) in [5.41, 5.74) is 3.04. The summed E-state index contributed by atoms with van der Waals surface area (Å²) < 4.78 is 7.41. The van der Waals surface area contributed by atoms with E-state index in [9.17, 15) is 4.79 Å². The number of carbonyl (C=O) groups is 1. The van der Waals surface area contributed by atoms with Gasteiger partial charge in [-0.2, -0.15) is 0 Å². The lowest BCUT2D eigenvalue weighted by atomic mass is 10.0. The quantitative estimate of drug-likeness (QED) is 0.517. The summed E-state index contributed by atoms with van der Waals surface area (Å²) in [5, 5.41) is 12.5. The van der Waals surface area contributed by atoms with E-state index >= 15 is 0 Å². The van der Waals surface area contributed by atoms with E-state index in [0.29, 0.717) is 12.1 Å². The van der Waals surface area contributed by atoms with Crippen LogP contribution in [0.15, 0.2) is 54.6 Å². The smallest absolute Gasteiger partial charge is 0.252 e. The zero-order chi connectivity index (χ0) is 21.9. The molecule has 2 aromatic heterocycles. The first-order valence-corrected chi connectivity index (χ1v) is 11.0. The molecular weight excluding hydrogens is 402 g/mol. The molecule has 0 atom stereocenters. The van der Waals surface area contributed by atoms with E-state index in [2.05, 4.69) is 20.1 Å². The van der Waals surface area contributed by atoms with Crippen molar-refractivity contribution in [2.45, 2.75) is 38.8 Å². The first-order valence-electron chi connectivity index (χ1n) is 11.0. The normalized spacial score (nSPS) is 13.4. The Morgan fingerprint density at radius 3 is 2.75 bits per heavy atom.